The third kappa shape index (κ3) is 1.74. The van der Waals surface area contributed by atoms with Crippen LogP contribution in [0.25, 0.3) is 0 Å². The standard InChI is InChI=1S/C15H18O3/c1-9-5-4-6-15(3)14(18-15)13(16)12-10(2)8-17-11(12)7-9/h5,8,14H,4,6-7H2,1-3H3/b9-5+/t14-,15-/m0/s1. The van der Waals surface area contributed by atoms with E-state index < -0.39 is 0 Å². The molecular formula is C15H18O3. The summed E-state index contributed by atoms with van der Waals surface area (Å²) in [6.45, 7) is 6.03. The quantitative estimate of drug-likeness (QED) is 0.521. The molecule has 1 aromatic rings. The van der Waals surface area contributed by atoms with Crippen LogP contribution in [0, 0.1) is 6.92 Å². The highest BCUT2D eigenvalue weighted by Crippen LogP contribution is 2.43. The summed E-state index contributed by atoms with van der Waals surface area (Å²) < 4.78 is 11.2. The molecule has 2 atom stereocenters. The number of hydrogen-bond acceptors (Lipinski definition) is 3. The van der Waals surface area contributed by atoms with Crippen molar-refractivity contribution in [3.8, 4) is 0 Å². The van der Waals surface area contributed by atoms with E-state index in [9.17, 15) is 4.79 Å². The second-order valence-electron chi connectivity index (χ2n) is 5.66. The van der Waals surface area contributed by atoms with Gasteiger partial charge in [0.05, 0.1) is 11.8 Å². The number of allylic oxidation sites excluding steroid dienone is 2. The first kappa shape index (κ1) is 11.7. The van der Waals surface area contributed by atoms with Gasteiger partial charge in [0.15, 0.2) is 5.78 Å². The zero-order valence-corrected chi connectivity index (χ0v) is 11.1. The van der Waals surface area contributed by atoms with Crippen molar-refractivity contribution in [1.29, 1.82) is 0 Å². The molecule has 1 aromatic heterocycles. The van der Waals surface area contributed by atoms with Crippen LogP contribution in [0.3, 0.4) is 0 Å². The molecule has 0 amide bonds. The molecule has 0 spiro atoms. The molecule has 0 aromatic carbocycles. The van der Waals surface area contributed by atoms with Gasteiger partial charge in [-0.15, -0.1) is 0 Å². The highest BCUT2D eigenvalue weighted by Gasteiger charge is 2.56. The molecule has 2 heterocycles. The van der Waals surface area contributed by atoms with Gasteiger partial charge < -0.3 is 9.15 Å². The van der Waals surface area contributed by atoms with E-state index in [1.54, 1.807) is 6.26 Å². The first-order valence-electron chi connectivity index (χ1n) is 6.46. The van der Waals surface area contributed by atoms with Gasteiger partial charge in [-0.25, -0.2) is 0 Å². The van der Waals surface area contributed by atoms with Gasteiger partial charge in [0.25, 0.3) is 0 Å². The lowest BCUT2D eigenvalue weighted by atomic mass is 9.91. The summed E-state index contributed by atoms with van der Waals surface area (Å²) in [5.74, 6) is 0.874. The molecular weight excluding hydrogens is 228 g/mol. The van der Waals surface area contributed by atoms with Gasteiger partial charge >= 0.3 is 0 Å². The molecule has 0 N–H and O–H groups in total. The summed E-state index contributed by atoms with van der Waals surface area (Å²) in [5, 5.41) is 0. The Kier molecular flexibility index (Phi) is 2.49. The van der Waals surface area contributed by atoms with E-state index in [4.69, 9.17) is 9.15 Å². The topological polar surface area (TPSA) is 42.7 Å². The van der Waals surface area contributed by atoms with Crippen LogP contribution < -0.4 is 0 Å². The second-order valence-corrected chi connectivity index (χ2v) is 5.66. The number of ether oxygens (including phenoxy) is 1. The van der Waals surface area contributed by atoms with Crippen LogP contribution >= 0.6 is 0 Å². The van der Waals surface area contributed by atoms with Crippen LogP contribution in [0.1, 0.15) is 48.4 Å². The molecule has 1 fully saturated rings. The monoisotopic (exact) mass is 246 g/mol. The van der Waals surface area contributed by atoms with Crippen LogP contribution in [-0.4, -0.2) is 17.5 Å². The lowest BCUT2D eigenvalue weighted by molar-refractivity contribution is 0.0951. The summed E-state index contributed by atoms with van der Waals surface area (Å²) in [6.07, 6.45) is 6.21. The first-order chi connectivity index (χ1) is 8.51. The Hall–Kier alpha value is -1.35. The van der Waals surface area contributed by atoms with Crippen molar-refractivity contribution in [2.45, 2.75) is 51.7 Å². The predicted octanol–water partition coefficient (Wildman–Crippen LogP) is 3.21. The Labute approximate surface area is 107 Å². The summed E-state index contributed by atoms with van der Waals surface area (Å²) in [5.41, 5.74) is 2.63. The average Bonchev–Trinajstić information content (AvgIpc) is 2.84. The summed E-state index contributed by atoms with van der Waals surface area (Å²) in [7, 11) is 0. The molecule has 2 aliphatic rings. The van der Waals surface area contributed by atoms with E-state index in [0.717, 1.165) is 36.1 Å². The van der Waals surface area contributed by atoms with Crippen LogP contribution in [-0.2, 0) is 11.2 Å². The number of aryl methyl sites for hydroxylation is 1. The number of rotatable bonds is 0. The summed E-state index contributed by atoms with van der Waals surface area (Å²) >= 11 is 0. The number of fused-ring (bicyclic) bond motifs is 2. The third-order valence-corrected chi connectivity index (χ3v) is 3.99. The van der Waals surface area contributed by atoms with Crippen molar-refractivity contribution >= 4 is 5.78 Å². The molecule has 0 bridgehead atoms. The molecule has 96 valence electrons. The number of carbonyl (C=O) groups is 1. The number of furan rings is 1. The first-order valence-corrected chi connectivity index (χ1v) is 6.46. The maximum Gasteiger partial charge on any atom is 0.198 e. The molecule has 3 heteroatoms. The van der Waals surface area contributed by atoms with Gasteiger partial charge in [-0.1, -0.05) is 11.6 Å². The van der Waals surface area contributed by atoms with Gasteiger partial charge in [-0.05, 0) is 39.2 Å². The average molecular weight is 246 g/mol. The SMILES string of the molecule is C/C1=C\CC[C@]2(C)O[C@H]2C(=O)c2c(C)coc2C1. The van der Waals surface area contributed by atoms with Crippen LogP contribution in [0.4, 0.5) is 0 Å². The molecule has 1 saturated heterocycles. The lowest BCUT2D eigenvalue weighted by Gasteiger charge is -2.08. The second kappa shape index (κ2) is 3.82. The van der Waals surface area contributed by atoms with E-state index >= 15 is 0 Å². The molecule has 0 unspecified atom stereocenters. The molecule has 3 nitrogen and oxygen atoms in total. The number of hydrogen-bond donors (Lipinski definition) is 0. The fourth-order valence-corrected chi connectivity index (χ4v) is 2.78. The highest BCUT2D eigenvalue weighted by atomic mass is 16.6. The van der Waals surface area contributed by atoms with Gasteiger partial charge in [-0.3, -0.25) is 4.79 Å². The Balaban J connectivity index is 2.05. The van der Waals surface area contributed by atoms with Gasteiger partial charge in [0, 0.05) is 6.42 Å². The minimum Gasteiger partial charge on any atom is -0.468 e. The van der Waals surface area contributed by atoms with E-state index in [1.165, 1.54) is 5.57 Å². The molecule has 3 rings (SSSR count). The van der Waals surface area contributed by atoms with Crippen LogP contribution in [0.2, 0.25) is 0 Å². The summed E-state index contributed by atoms with van der Waals surface area (Å²) in [4.78, 5) is 12.5. The van der Waals surface area contributed by atoms with Gasteiger partial charge in [0.1, 0.15) is 17.5 Å². The fraction of sp³-hybridized carbons (Fsp3) is 0.533. The Morgan fingerprint density at radius 2 is 2.17 bits per heavy atom. The minimum atomic E-state index is -0.278. The smallest absolute Gasteiger partial charge is 0.198 e. The van der Waals surface area contributed by atoms with E-state index in [0.29, 0.717) is 0 Å². The Morgan fingerprint density at radius 3 is 2.94 bits per heavy atom. The molecule has 1 aliphatic heterocycles. The minimum absolute atomic E-state index is 0.0912. The lowest BCUT2D eigenvalue weighted by Crippen LogP contribution is -2.20. The van der Waals surface area contributed by atoms with Crippen molar-refractivity contribution in [3.05, 3.63) is 34.8 Å². The number of epoxide rings is 1. The predicted molar refractivity (Wildman–Crippen MR) is 67.7 cm³/mol. The fourth-order valence-electron chi connectivity index (χ4n) is 2.78. The zero-order valence-electron chi connectivity index (χ0n) is 11.1. The maximum atomic E-state index is 12.5. The number of Topliss-reactive ketones (excluding diaryl/α,β-unsaturated/α-hetero) is 1. The third-order valence-electron chi connectivity index (χ3n) is 3.99. The van der Waals surface area contributed by atoms with Crippen LogP contribution in [0.15, 0.2) is 22.3 Å². The highest BCUT2D eigenvalue weighted by molar-refractivity contribution is 6.04. The van der Waals surface area contributed by atoms with Crippen molar-refractivity contribution in [2.24, 2.45) is 0 Å². The van der Waals surface area contributed by atoms with Crippen molar-refractivity contribution in [2.75, 3.05) is 0 Å². The Morgan fingerprint density at radius 1 is 1.39 bits per heavy atom. The van der Waals surface area contributed by atoms with Gasteiger partial charge in [-0.2, -0.15) is 0 Å². The molecule has 0 saturated carbocycles. The Bertz CT molecular complexity index is 538. The van der Waals surface area contributed by atoms with Crippen molar-refractivity contribution in [1.82, 2.24) is 0 Å². The zero-order chi connectivity index (χ0) is 12.9. The van der Waals surface area contributed by atoms with E-state index in [1.807, 2.05) is 13.8 Å². The normalized spacial score (nSPS) is 34.3. The number of carbonyl (C=O) groups excluding carboxylic acids is 1. The molecule has 0 radical (unpaired) electrons. The van der Waals surface area contributed by atoms with Gasteiger partial charge in [0.2, 0.25) is 0 Å². The molecule has 1 aliphatic carbocycles. The van der Waals surface area contributed by atoms with E-state index in [-0.39, 0.29) is 17.5 Å². The molecule has 18 heavy (non-hydrogen) atoms. The van der Waals surface area contributed by atoms with E-state index in [2.05, 4.69) is 13.0 Å². The van der Waals surface area contributed by atoms with Crippen molar-refractivity contribution < 1.29 is 13.9 Å². The van der Waals surface area contributed by atoms with Crippen LogP contribution in [0.5, 0.6) is 0 Å². The maximum absolute atomic E-state index is 12.5. The largest absolute Gasteiger partial charge is 0.468 e. The number of ketones is 1. The van der Waals surface area contributed by atoms with Crippen molar-refractivity contribution in [3.63, 3.8) is 0 Å². The summed E-state index contributed by atoms with van der Waals surface area (Å²) in [6, 6.07) is 0.